The second-order valence-corrected chi connectivity index (χ2v) is 4.03. The third-order valence-electron chi connectivity index (χ3n) is 2.40. The van der Waals surface area contributed by atoms with Crippen molar-refractivity contribution in [3.05, 3.63) is 0 Å². The molecule has 1 saturated heterocycles. The van der Waals surface area contributed by atoms with E-state index >= 15 is 0 Å². The van der Waals surface area contributed by atoms with E-state index in [9.17, 15) is 18.0 Å². The Morgan fingerprint density at radius 1 is 1.47 bits per heavy atom. The third kappa shape index (κ3) is 7.17. The quantitative estimate of drug-likeness (QED) is 0.714. The van der Waals surface area contributed by atoms with Gasteiger partial charge in [0.25, 0.3) is 0 Å². The second kappa shape index (κ2) is 6.80. The second-order valence-electron chi connectivity index (χ2n) is 4.03. The van der Waals surface area contributed by atoms with Crippen molar-refractivity contribution in [2.45, 2.75) is 31.5 Å². The van der Waals surface area contributed by atoms with Crippen molar-refractivity contribution < 1.29 is 22.7 Å². The van der Waals surface area contributed by atoms with E-state index in [1.165, 1.54) is 0 Å². The summed E-state index contributed by atoms with van der Waals surface area (Å²) in [6, 6.07) is 0.0823. The molecule has 0 aromatic heterocycles. The Morgan fingerprint density at radius 3 is 2.82 bits per heavy atom. The van der Waals surface area contributed by atoms with Crippen LogP contribution in [0.15, 0.2) is 0 Å². The van der Waals surface area contributed by atoms with Gasteiger partial charge in [-0.3, -0.25) is 4.79 Å². The molecular weight excluding hydrogens is 237 g/mol. The number of halogens is 3. The monoisotopic (exact) mass is 254 g/mol. The van der Waals surface area contributed by atoms with Crippen molar-refractivity contribution in [3.8, 4) is 0 Å². The van der Waals surface area contributed by atoms with Gasteiger partial charge < -0.3 is 15.4 Å². The zero-order valence-corrected chi connectivity index (χ0v) is 9.48. The molecule has 1 atom stereocenters. The third-order valence-corrected chi connectivity index (χ3v) is 2.40. The van der Waals surface area contributed by atoms with Gasteiger partial charge in [-0.2, -0.15) is 13.2 Å². The zero-order chi connectivity index (χ0) is 12.7. The molecule has 1 amide bonds. The van der Waals surface area contributed by atoms with Gasteiger partial charge in [-0.05, 0) is 19.4 Å². The first-order valence-electron chi connectivity index (χ1n) is 5.62. The highest BCUT2D eigenvalue weighted by Crippen LogP contribution is 2.14. The number of nitrogens with one attached hydrogen (secondary N) is 2. The number of hydrogen-bond donors (Lipinski definition) is 2. The molecule has 1 fully saturated rings. The van der Waals surface area contributed by atoms with Gasteiger partial charge in [0.1, 0.15) is 6.61 Å². The standard InChI is InChI=1S/C10H17F3N2O2/c11-10(12,13)7-17-5-3-9(16)15-8-2-1-4-14-6-8/h8,14H,1-7H2,(H,15,16)/t8-/m1/s1. The topological polar surface area (TPSA) is 50.4 Å². The summed E-state index contributed by atoms with van der Waals surface area (Å²) in [6.07, 6.45) is -2.46. The van der Waals surface area contributed by atoms with Crippen LogP contribution in [0.4, 0.5) is 13.2 Å². The van der Waals surface area contributed by atoms with Gasteiger partial charge in [-0.25, -0.2) is 0 Å². The van der Waals surface area contributed by atoms with E-state index in [4.69, 9.17) is 0 Å². The number of hydrogen-bond acceptors (Lipinski definition) is 3. The molecule has 0 bridgehead atoms. The maximum absolute atomic E-state index is 11.7. The van der Waals surface area contributed by atoms with Gasteiger partial charge in [-0.1, -0.05) is 0 Å². The molecule has 0 unspecified atom stereocenters. The van der Waals surface area contributed by atoms with Crippen LogP contribution in [-0.2, 0) is 9.53 Å². The van der Waals surface area contributed by atoms with E-state index in [-0.39, 0.29) is 25.0 Å². The fourth-order valence-corrected chi connectivity index (χ4v) is 1.63. The van der Waals surface area contributed by atoms with Gasteiger partial charge in [-0.15, -0.1) is 0 Å². The van der Waals surface area contributed by atoms with Gasteiger partial charge in [0, 0.05) is 19.0 Å². The van der Waals surface area contributed by atoms with Crippen LogP contribution in [0.25, 0.3) is 0 Å². The first-order chi connectivity index (χ1) is 7.97. The van der Waals surface area contributed by atoms with E-state index < -0.39 is 12.8 Å². The van der Waals surface area contributed by atoms with Crippen LogP contribution in [0.2, 0.25) is 0 Å². The van der Waals surface area contributed by atoms with E-state index in [0.717, 1.165) is 25.9 Å². The summed E-state index contributed by atoms with van der Waals surface area (Å²) < 4.78 is 39.5. The molecule has 0 saturated carbocycles. The lowest BCUT2D eigenvalue weighted by Gasteiger charge is -2.23. The lowest BCUT2D eigenvalue weighted by Crippen LogP contribution is -2.45. The average molecular weight is 254 g/mol. The van der Waals surface area contributed by atoms with E-state index in [1.54, 1.807) is 0 Å². The van der Waals surface area contributed by atoms with Crippen LogP contribution in [0.3, 0.4) is 0 Å². The highest BCUT2D eigenvalue weighted by atomic mass is 19.4. The van der Waals surface area contributed by atoms with E-state index in [0.29, 0.717) is 0 Å². The molecule has 1 aliphatic rings. The van der Waals surface area contributed by atoms with Crippen molar-refractivity contribution in [2.24, 2.45) is 0 Å². The lowest BCUT2D eigenvalue weighted by molar-refractivity contribution is -0.174. The molecule has 100 valence electrons. The number of ether oxygens (including phenoxy) is 1. The molecule has 0 spiro atoms. The van der Waals surface area contributed by atoms with Crippen molar-refractivity contribution in [3.63, 3.8) is 0 Å². The average Bonchev–Trinajstić information content (AvgIpc) is 2.25. The Labute approximate surface area is 97.9 Å². The molecule has 2 N–H and O–H groups in total. The van der Waals surface area contributed by atoms with Crippen LogP contribution in [0.1, 0.15) is 19.3 Å². The molecule has 1 rings (SSSR count). The molecule has 7 heteroatoms. The van der Waals surface area contributed by atoms with Crippen molar-refractivity contribution in [1.29, 1.82) is 0 Å². The predicted octanol–water partition coefficient (Wildman–Crippen LogP) is 0.824. The SMILES string of the molecule is O=C(CCOCC(F)(F)F)N[C@@H]1CCCNC1. The number of alkyl halides is 3. The van der Waals surface area contributed by atoms with Crippen LogP contribution in [-0.4, -0.2) is 44.4 Å². The summed E-state index contributed by atoms with van der Waals surface area (Å²) in [7, 11) is 0. The molecule has 0 radical (unpaired) electrons. The number of amides is 1. The fraction of sp³-hybridized carbons (Fsp3) is 0.900. The maximum atomic E-state index is 11.7. The highest BCUT2D eigenvalue weighted by Gasteiger charge is 2.27. The predicted molar refractivity (Wildman–Crippen MR) is 55.5 cm³/mol. The summed E-state index contributed by atoms with van der Waals surface area (Å²) in [5.74, 6) is -0.263. The van der Waals surface area contributed by atoms with Gasteiger partial charge >= 0.3 is 6.18 Å². The molecular formula is C10H17F3N2O2. The van der Waals surface area contributed by atoms with Gasteiger partial charge in [0.05, 0.1) is 6.61 Å². The Bertz CT molecular complexity index is 240. The molecule has 0 aromatic rings. The summed E-state index contributed by atoms with van der Waals surface area (Å²) in [5.41, 5.74) is 0. The van der Waals surface area contributed by atoms with E-state index in [2.05, 4.69) is 15.4 Å². The molecule has 0 aromatic carbocycles. The van der Waals surface area contributed by atoms with Crippen molar-refractivity contribution in [1.82, 2.24) is 10.6 Å². The minimum atomic E-state index is -4.33. The van der Waals surface area contributed by atoms with Crippen molar-refractivity contribution in [2.75, 3.05) is 26.3 Å². The zero-order valence-electron chi connectivity index (χ0n) is 9.48. The molecule has 17 heavy (non-hydrogen) atoms. The maximum Gasteiger partial charge on any atom is 0.411 e. The lowest BCUT2D eigenvalue weighted by atomic mass is 10.1. The first-order valence-corrected chi connectivity index (χ1v) is 5.62. The molecule has 1 heterocycles. The van der Waals surface area contributed by atoms with Crippen LogP contribution in [0.5, 0.6) is 0 Å². The molecule has 4 nitrogen and oxygen atoms in total. The number of rotatable bonds is 5. The Morgan fingerprint density at radius 2 is 2.24 bits per heavy atom. The summed E-state index contributed by atoms with van der Waals surface area (Å²) in [6.45, 7) is 0.160. The van der Waals surface area contributed by atoms with Crippen LogP contribution >= 0.6 is 0 Å². The first kappa shape index (κ1) is 14.2. The Hall–Kier alpha value is -0.820. The van der Waals surface area contributed by atoms with Crippen molar-refractivity contribution >= 4 is 5.91 Å². The number of carbonyl (C=O) groups is 1. The number of carbonyl (C=O) groups excluding carboxylic acids is 1. The molecule has 1 aliphatic heterocycles. The van der Waals surface area contributed by atoms with Crippen LogP contribution in [0, 0.1) is 0 Å². The minimum Gasteiger partial charge on any atom is -0.372 e. The van der Waals surface area contributed by atoms with E-state index in [1.807, 2.05) is 0 Å². The highest BCUT2D eigenvalue weighted by molar-refractivity contribution is 5.76. The van der Waals surface area contributed by atoms with Gasteiger partial charge in [0.2, 0.25) is 5.91 Å². The Kier molecular flexibility index (Phi) is 5.70. The summed E-state index contributed by atoms with van der Waals surface area (Å²) >= 11 is 0. The fourth-order valence-electron chi connectivity index (χ4n) is 1.63. The van der Waals surface area contributed by atoms with Crippen LogP contribution < -0.4 is 10.6 Å². The largest absolute Gasteiger partial charge is 0.411 e. The van der Waals surface area contributed by atoms with Gasteiger partial charge in [0.15, 0.2) is 0 Å². The summed E-state index contributed by atoms with van der Waals surface area (Å²) in [4.78, 5) is 11.3. The smallest absolute Gasteiger partial charge is 0.372 e. The molecule has 0 aliphatic carbocycles. The normalized spacial score (nSPS) is 21.2. The number of piperidine rings is 1. The Balaban J connectivity index is 2.04. The summed E-state index contributed by atoms with van der Waals surface area (Å²) in [5, 5.41) is 5.89. The minimum absolute atomic E-state index is 0.0351.